The van der Waals surface area contributed by atoms with Crippen molar-refractivity contribution in [3.8, 4) is 0 Å². The van der Waals surface area contributed by atoms with E-state index in [-0.39, 0.29) is 30.1 Å². The van der Waals surface area contributed by atoms with Gasteiger partial charge in [0.2, 0.25) is 11.8 Å². The van der Waals surface area contributed by atoms with Crippen molar-refractivity contribution in [3.63, 3.8) is 0 Å². The first-order chi connectivity index (χ1) is 13.5. The van der Waals surface area contributed by atoms with Gasteiger partial charge in [-0.15, -0.1) is 0 Å². The summed E-state index contributed by atoms with van der Waals surface area (Å²) < 4.78 is 0. The average Bonchev–Trinajstić information content (AvgIpc) is 3.08. The maximum Gasteiger partial charge on any atom is 0.253 e. The third-order valence-corrected chi connectivity index (χ3v) is 5.56. The highest BCUT2D eigenvalue weighted by Crippen LogP contribution is 2.21. The van der Waals surface area contributed by atoms with Gasteiger partial charge in [-0.05, 0) is 37.7 Å². The molecule has 0 radical (unpaired) electrons. The summed E-state index contributed by atoms with van der Waals surface area (Å²) in [6.07, 6.45) is 2.26. The van der Waals surface area contributed by atoms with E-state index in [9.17, 15) is 14.4 Å². The fraction of sp³-hybridized carbons (Fsp3) is 0.571. The molecule has 152 valence electrons. The summed E-state index contributed by atoms with van der Waals surface area (Å²) in [6.45, 7) is 6.54. The molecule has 3 rings (SSSR count). The number of rotatable bonds is 6. The van der Waals surface area contributed by atoms with Gasteiger partial charge in [-0.1, -0.05) is 13.3 Å². The van der Waals surface area contributed by atoms with E-state index in [1.165, 1.54) is 0 Å². The second kappa shape index (κ2) is 9.19. The molecule has 0 saturated carbocycles. The molecule has 1 atom stereocenters. The number of unbranched alkanes of at least 4 members (excludes halogenated alkanes) is 1. The van der Waals surface area contributed by atoms with Gasteiger partial charge in [0, 0.05) is 56.9 Å². The molecule has 1 unspecified atom stereocenters. The van der Waals surface area contributed by atoms with Crippen LogP contribution in [0.3, 0.4) is 0 Å². The van der Waals surface area contributed by atoms with Gasteiger partial charge in [-0.25, -0.2) is 0 Å². The quantitative estimate of drug-likeness (QED) is 0.807. The number of benzene rings is 1. The molecule has 0 spiro atoms. The highest BCUT2D eigenvalue weighted by atomic mass is 16.2. The van der Waals surface area contributed by atoms with Crippen LogP contribution < -0.4 is 5.32 Å². The number of anilines is 1. The number of hydrogen-bond acceptors (Lipinski definition) is 4. The van der Waals surface area contributed by atoms with Crippen molar-refractivity contribution in [2.45, 2.75) is 26.2 Å². The van der Waals surface area contributed by atoms with Gasteiger partial charge >= 0.3 is 0 Å². The summed E-state index contributed by atoms with van der Waals surface area (Å²) in [5.41, 5.74) is 1.28. The third-order valence-electron chi connectivity index (χ3n) is 5.56. The highest BCUT2D eigenvalue weighted by molar-refractivity contribution is 5.98. The van der Waals surface area contributed by atoms with E-state index in [1.807, 2.05) is 4.90 Å². The average molecular weight is 386 g/mol. The summed E-state index contributed by atoms with van der Waals surface area (Å²) in [4.78, 5) is 43.0. The van der Waals surface area contributed by atoms with E-state index in [0.29, 0.717) is 17.8 Å². The summed E-state index contributed by atoms with van der Waals surface area (Å²) in [6, 6.07) is 7.02. The van der Waals surface area contributed by atoms with Crippen LogP contribution in [0.15, 0.2) is 24.3 Å². The van der Waals surface area contributed by atoms with Gasteiger partial charge in [0.05, 0.1) is 5.92 Å². The molecule has 7 nitrogen and oxygen atoms in total. The molecule has 0 aliphatic carbocycles. The Bertz CT molecular complexity index is 711. The first kappa shape index (κ1) is 20.3. The topological polar surface area (TPSA) is 73.0 Å². The zero-order chi connectivity index (χ0) is 20.1. The first-order valence-electron chi connectivity index (χ1n) is 10.1. The predicted molar refractivity (Wildman–Crippen MR) is 108 cm³/mol. The smallest absolute Gasteiger partial charge is 0.253 e. The lowest BCUT2D eigenvalue weighted by Crippen LogP contribution is -2.47. The number of nitrogens with zero attached hydrogens (tertiary/aromatic N) is 3. The second-order valence-electron chi connectivity index (χ2n) is 7.76. The Morgan fingerprint density at radius 2 is 1.79 bits per heavy atom. The molecule has 0 aromatic heterocycles. The van der Waals surface area contributed by atoms with Crippen LogP contribution in [0, 0.1) is 5.92 Å². The van der Waals surface area contributed by atoms with Crippen molar-refractivity contribution in [3.05, 3.63) is 29.8 Å². The number of carbonyl (C=O) groups excluding carboxylic acids is 3. The Morgan fingerprint density at radius 3 is 2.43 bits per heavy atom. The number of hydrogen-bond donors (Lipinski definition) is 1. The Kier molecular flexibility index (Phi) is 6.67. The predicted octanol–water partition coefficient (Wildman–Crippen LogP) is 1.66. The monoisotopic (exact) mass is 386 g/mol. The molecule has 1 aromatic carbocycles. The van der Waals surface area contributed by atoms with Gasteiger partial charge in [-0.3, -0.25) is 14.4 Å². The lowest BCUT2D eigenvalue weighted by Gasteiger charge is -2.32. The van der Waals surface area contributed by atoms with E-state index < -0.39 is 0 Å². The molecule has 2 heterocycles. The van der Waals surface area contributed by atoms with E-state index in [0.717, 1.165) is 45.6 Å². The van der Waals surface area contributed by atoms with Crippen LogP contribution in [-0.2, 0) is 9.59 Å². The number of amides is 3. The molecule has 1 aromatic rings. The van der Waals surface area contributed by atoms with Crippen LogP contribution in [0.2, 0.25) is 0 Å². The maximum atomic E-state index is 12.6. The normalized spacial score (nSPS) is 20.5. The number of nitrogens with one attached hydrogen (secondary N) is 1. The molecule has 1 N–H and O–H groups in total. The summed E-state index contributed by atoms with van der Waals surface area (Å²) in [5, 5.41) is 2.88. The largest absolute Gasteiger partial charge is 0.342 e. The minimum atomic E-state index is -0.309. The molecule has 28 heavy (non-hydrogen) atoms. The van der Waals surface area contributed by atoms with Crippen LogP contribution in [0.5, 0.6) is 0 Å². The Labute approximate surface area is 166 Å². The number of piperazine rings is 1. The van der Waals surface area contributed by atoms with Crippen molar-refractivity contribution < 1.29 is 14.4 Å². The van der Waals surface area contributed by atoms with Crippen molar-refractivity contribution in [1.29, 1.82) is 0 Å². The lowest BCUT2D eigenvalue weighted by molar-refractivity contribution is -0.128. The number of likely N-dealkylation sites (N-methyl/N-ethyl adjacent to an activating group) is 1. The Balaban J connectivity index is 1.53. The fourth-order valence-electron chi connectivity index (χ4n) is 3.65. The summed E-state index contributed by atoms with van der Waals surface area (Å²) >= 11 is 0. The molecule has 2 aliphatic heterocycles. The van der Waals surface area contributed by atoms with E-state index in [1.54, 1.807) is 29.2 Å². The zero-order valence-corrected chi connectivity index (χ0v) is 16.8. The van der Waals surface area contributed by atoms with Crippen molar-refractivity contribution in [1.82, 2.24) is 14.7 Å². The molecule has 2 fully saturated rings. The van der Waals surface area contributed by atoms with E-state index >= 15 is 0 Å². The fourth-order valence-corrected chi connectivity index (χ4v) is 3.65. The minimum Gasteiger partial charge on any atom is -0.342 e. The molecular weight excluding hydrogens is 356 g/mol. The maximum absolute atomic E-state index is 12.6. The second-order valence-corrected chi connectivity index (χ2v) is 7.76. The molecule has 2 saturated heterocycles. The van der Waals surface area contributed by atoms with Gasteiger partial charge in [0.15, 0.2) is 0 Å². The molecular formula is C21H30N4O3. The van der Waals surface area contributed by atoms with Crippen molar-refractivity contribution in [2.24, 2.45) is 5.92 Å². The van der Waals surface area contributed by atoms with Gasteiger partial charge < -0.3 is 20.0 Å². The molecule has 7 heteroatoms. The number of likely N-dealkylation sites (tertiary alicyclic amines) is 1. The summed E-state index contributed by atoms with van der Waals surface area (Å²) in [5.74, 6) is -0.359. The van der Waals surface area contributed by atoms with Crippen LogP contribution in [0.25, 0.3) is 0 Å². The Hall–Kier alpha value is -2.41. The highest BCUT2D eigenvalue weighted by Gasteiger charge is 2.33. The van der Waals surface area contributed by atoms with Gasteiger partial charge in [0.1, 0.15) is 0 Å². The molecule has 3 amide bonds. The standard InChI is InChI=1S/C21H30N4O3/c1-3-4-9-25-15-17(14-19(25)26)20(27)22-18-7-5-16(6-8-18)21(28)24-12-10-23(2)11-13-24/h5-8,17H,3-4,9-15H2,1-2H3,(H,22,27). The Morgan fingerprint density at radius 1 is 1.11 bits per heavy atom. The van der Waals surface area contributed by atoms with Crippen LogP contribution in [0.1, 0.15) is 36.5 Å². The summed E-state index contributed by atoms with van der Waals surface area (Å²) in [7, 11) is 2.06. The van der Waals surface area contributed by atoms with E-state index in [2.05, 4.69) is 24.2 Å². The van der Waals surface area contributed by atoms with Gasteiger partial charge in [0.25, 0.3) is 5.91 Å². The zero-order valence-electron chi connectivity index (χ0n) is 16.8. The van der Waals surface area contributed by atoms with Crippen LogP contribution in [0.4, 0.5) is 5.69 Å². The SMILES string of the molecule is CCCCN1CC(C(=O)Nc2ccc(C(=O)N3CCN(C)CC3)cc2)CC1=O. The lowest BCUT2D eigenvalue weighted by atomic mass is 10.1. The van der Waals surface area contributed by atoms with Crippen molar-refractivity contribution >= 4 is 23.4 Å². The molecule has 0 bridgehead atoms. The molecule has 2 aliphatic rings. The first-order valence-corrected chi connectivity index (χ1v) is 10.1. The minimum absolute atomic E-state index is 0.0268. The van der Waals surface area contributed by atoms with Crippen LogP contribution >= 0.6 is 0 Å². The van der Waals surface area contributed by atoms with E-state index in [4.69, 9.17) is 0 Å². The van der Waals surface area contributed by atoms with Crippen molar-refractivity contribution in [2.75, 3.05) is 51.6 Å². The third kappa shape index (κ3) is 4.90. The number of carbonyl (C=O) groups is 3. The van der Waals surface area contributed by atoms with Crippen LogP contribution in [-0.4, -0.2) is 78.7 Å². The van der Waals surface area contributed by atoms with Gasteiger partial charge in [-0.2, -0.15) is 0 Å².